The van der Waals surface area contributed by atoms with E-state index >= 15 is 0 Å². The molecule has 1 aromatic heterocycles. The Balaban J connectivity index is 1.55. The highest BCUT2D eigenvalue weighted by Gasteiger charge is 2.35. The third kappa shape index (κ3) is 4.70. The minimum atomic E-state index is -4.52. The van der Waals surface area contributed by atoms with E-state index in [9.17, 15) is 17.6 Å². The van der Waals surface area contributed by atoms with Crippen LogP contribution in [-0.2, 0) is 6.18 Å². The van der Waals surface area contributed by atoms with Crippen molar-refractivity contribution < 1.29 is 22.3 Å². The van der Waals surface area contributed by atoms with Gasteiger partial charge in [-0.15, -0.1) is 11.3 Å². The molecule has 0 unspecified atom stereocenters. The Kier molecular flexibility index (Phi) is 5.45. The predicted octanol–water partition coefficient (Wildman–Crippen LogP) is 7.03. The molecule has 1 heterocycles. The second-order valence-electron chi connectivity index (χ2n) is 6.90. The molecule has 152 valence electrons. The van der Waals surface area contributed by atoms with E-state index < -0.39 is 11.7 Å². The SMILES string of the molecule is Fc1ccc(-c2csc(Nc3ccc(OC4CCCC4)c(C(F)(F)F)c3)n2)cc1. The molecule has 0 spiro atoms. The van der Waals surface area contributed by atoms with Crippen LogP contribution >= 0.6 is 11.3 Å². The molecule has 2 aromatic carbocycles. The average Bonchev–Trinajstić information content (AvgIpc) is 3.35. The van der Waals surface area contributed by atoms with Gasteiger partial charge in [0.15, 0.2) is 5.13 Å². The summed E-state index contributed by atoms with van der Waals surface area (Å²) in [7, 11) is 0. The highest BCUT2D eigenvalue weighted by molar-refractivity contribution is 7.14. The van der Waals surface area contributed by atoms with Gasteiger partial charge >= 0.3 is 6.18 Å². The lowest BCUT2D eigenvalue weighted by Gasteiger charge is -2.19. The molecule has 3 nitrogen and oxygen atoms in total. The van der Waals surface area contributed by atoms with Crippen molar-refractivity contribution in [2.24, 2.45) is 0 Å². The zero-order valence-electron chi connectivity index (χ0n) is 15.3. The number of thiazole rings is 1. The van der Waals surface area contributed by atoms with E-state index in [1.54, 1.807) is 23.6 Å². The minimum Gasteiger partial charge on any atom is -0.490 e. The highest BCUT2D eigenvalue weighted by Crippen LogP contribution is 2.40. The molecule has 1 saturated carbocycles. The van der Waals surface area contributed by atoms with Gasteiger partial charge in [-0.1, -0.05) is 0 Å². The minimum absolute atomic E-state index is 0.138. The third-order valence-corrected chi connectivity index (χ3v) is 5.53. The molecule has 1 aliphatic rings. The molecule has 3 aromatic rings. The lowest BCUT2D eigenvalue weighted by molar-refractivity contribution is -0.139. The highest BCUT2D eigenvalue weighted by atomic mass is 32.1. The van der Waals surface area contributed by atoms with Crippen LogP contribution in [0.4, 0.5) is 28.4 Å². The number of rotatable bonds is 5. The van der Waals surface area contributed by atoms with Crippen LogP contribution in [0.1, 0.15) is 31.2 Å². The Hall–Kier alpha value is -2.61. The summed E-state index contributed by atoms with van der Waals surface area (Å²) in [5.41, 5.74) is 0.822. The van der Waals surface area contributed by atoms with Crippen molar-refractivity contribution in [3.05, 3.63) is 59.2 Å². The topological polar surface area (TPSA) is 34.1 Å². The van der Waals surface area contributed by atoms with Crippen LogP contribution in [0.2, 0.25) is 0 Å². The van der Waals surface area contributed by atoms with Crippen molar-refractivity contribution in [1.82, 2.24) is 4.98 Å². The fourth-order valence-corrected chi connectivity index (χ4v) is 4.07. The summed E-state index contributed by atoms with van der Waals surface area (Å²) in [4.78, 5) is 4.38. The number of hydrogen-bond donors (Lipinski definition) is 1. The van der Waals surface area contributed by atoms with Crippen LogP contribution in [-0.4, -0.2) is 11.1 Å². The number of nitrogens with one attached hydrogen (secondary N) is 1. The third-order valence-electron chi connectivity index (χ3n) is 4.78. The van der Waals surface area contributed by atoms with Gasteiger partial charge in [0.2, 0.25) is 0 Å². The van der Waals surface area contributed by atoms with E-state index in [-0.39, 0.29) is 23.4 Å². The van der Waals surface area contributed by atoms with Crippen LogP contribution in [0.15, 0.2) is 47.8 Å². The van der Waals surface area contributed by atoms with Crippen LogP contribution in [0.3, 0.4) is 0 Å². The summed E-state index contributed by atoms with van der Waals surface area (Å²) in [6.45, 7) is 0. The summed E-state index contributed by atoms with van der Waals surface area (Å²) in [6.07, 6.45) is -1.16. The van der Waals surface area contributed by atoms with Gasteiger partial charge in [-0.25, -0.2) is 9.37 Å². The summed E-state index contributed by atoms with van der Waals surface area (Å²) < 4.78 is 59.3. The van der Waals surface area contributed by atoms with E-state index in [0.29, 0.717) is 10.8 Å². The summed E-state index contributed by atoms with van der Waals surface area (Å²) in [5, 5.41) is 5.12. The van der Waals surface area contributed by atoms with Crippen molar-refractivity contribution in [1.29, 1.82) is 0 Å². The molecule has 8 heteroatoms. The van der Waals surface area contributed by atoms with Gasteiger partial charge < -0.3 is 10.1 Å². The van der Waals surface area contributed by atoms with E-state index in [4.69, 9.17) is 4.74 Å². The predicted molar refractivity (Wildman–Crippen MR) is 105 cm³/mol. The Labute approximate surface area is 169 Å². The Morgan fingerprint density at radius 3 is 2.45 bits per heavy atom. The number of benzene rings is 2. The number of halogens is 4. The lowest BCUT2D eigenvalue weighted by atomic mass is 10.1. The van der Waals surface area contributed by atoms with Gasteiger partial charge in [-0.2, -0.15) is 13.2 Å². The first kappa shape index (κ1) is 19.7. The van der Waals surface area contributed by atoms with Crippen LogP contribution in [0.25, 0.3) is 11.3 Å². The number of nitrogens with zero attached hydrogens (tertiary/aromatic N) is 1. The van der Waals surface area contributed by atoms with E-state index in [0.717, 1.165) is 37.3 Å². The van der Waals surface area contributed by atoms with Crippen LogP contribution in [0.5, 0.6) is 5.75 Å². The van der Waals surface area contributed by atoms with Crippen molar-refractivity contribution in [2.45, 2.75) is 38.0 Å². The molecule has 1 fully saturated rings. The fraction of sp³-hybridized carbons (Fsp3) is 0.286. The molecule has 0 atom stereocenters. The summed E-state index contributed by atoms with van der Waals surface area (Å²) in [6, 6.07) is 9.83. The van der Waals surface area contributed by atoms with E-state index in [2.05, 4.69) is 10.3 Å². The van der Waals surface area contributed by atoms with E-state index in [1.165, 1.54) is 29.5 Å². The summed E-state index contributed by atoms with van der Waals surface area (Å²) >= 11 is 1.26. The van der Waals surface area contributed by atoms with Crippen molar-refractivity contribution >= 4 is 22.2 Å². The molecule has 0 bridgehead atoms. The van der Waals surface area contributed by atoms with Crippen molar-refractivity contribution in [3.8, 4) is 17.0 Å². The Morgan fingerprint density at radius 1 is 1.03 bits per heavy atom. The molecule has 4 rings (SSSR count). The largest absolute Gasteiger partial charge is 0.490 e. The Morgan fingerprint density at radius 2 is 1.76 bits per heavy atom. The van der Waals surface area contributed by atoms with Crippen molar-refractivity contribution in [2.75, 3.05) is 5.32 Å². The second-order valence-corrected chi connectivity index (χ2v) is 7.76. The standard InChI is InChI=1S/C21H18F4N2OS/c22-14-7-5-13(6-8-14)18-12-29-20(27-18)26-15-9-10-19(17(11-15)21(23,24)25)28-16-3-1-2-4-16/h5-12,16H,1-4H2,(H,26,27). The van der Waals surface area contributed by atoms with Gasteiger partial charge in [0.25, 0.3) is 0 Å². The molecule has 1 aliphatic carbocycles. The van der Waals surface area contributed by atoms with Gasteiger partial charge in [0.05, 0.1) is 17.4 Å². The maximum atomic E-state index is 13.5. The number of hydrogen-bond acceptors (Lipinski definition) is 4. The number of aromatic nitrogens is 1. The zero-order valence-corrected chi connectivity index (χ0v) is 16.1. The number of alkyl halides is 3. The maximum Gasteiger partial charge on any atom is 0.420 e. The quantitative estimate of drug-likeness (QED) is 0.448. The molecule has 1 N–H and O–H groups in total. The lowest BCUT2D eigenvalue weighted by Crippen LogP contribution is -2.15. The molecule has 0 aliphatic heterocycles. The first-order chi connectivity index (χ1) is 13.9. The van der Waals surface area contributed by atoms with Crippen molar-refractivity contribution in [3.63, 3.8) is 0 Å². The van der Waals surface area contributed by atoms with Crippen LogP contribution < -0.4 is 10.1 Å². The molecule has 0 radical (unpaired) electrons. The molecular formula is C21H18F4N2OS. The molecule has 0 amide bonds. The second kappa shape index (κ2) is 8.02. The van der Waals surface area contributed by atoms with E-state index in [1.807, 2.05) is 0 Å². The average molecular weight is 422 g/mol. The first-order valence-electron chi connectivity index (χ1n) is 9.25. The van der Waals surface area contributed by atoms with Gasteiger partial charge in [0, 0.05) is 16.6 Å². The molecular weight excluding hydrogens is 404 g/mol. The maximum absolute atomic E-state index is 13.5. The van der Waals surface area contributed by atoms with Gasteiger partial charge in [-0.3, -0.25) is 0 Å². The van der Waals surface area contributed by atoms with Crippen LogP contribution in [0, 0.1) is 5.82 Å². The first-order valence-corrected chi connectivity index (χ1v) is 10.1. The summed E-state index contributed by atoms with van der Waals surface area (Å²) in [5.74, 6) is -0.483. The number of anilines is 2. The smallest absolute Gasteiger partial charge is 0.420 e. The normalized spacial score (nSPS) is 14.9. The molecule has 29 heavy (non-hydrogen) atoms. The number of ether oxygens (including phenoxy) is 1. The Bertz CT molecular complexity index is 979. The van der Waals surface area contributed by atoms with Gasteiger partial charge in [-0.05, 0) is 68.1 Å². The van der Waals surface area contributed by atoms with Gasteiger partial charge in [0.1, 0.15) is 11.6 Å². The fourth-order valence-electron chi connectivity index (χ4n) is 3.33. The molecule has 0 saturated heterocycles. The zero-order chi connectivity index (χ0) is 20.4. The monoisotopic (exact) mass is 422 g/mol.